The molecule has 0 saturated heterocycles. The normalized spacial score (nSPS) is 11.0. The number of pyridine rings is 1. The van der Waals surface area contributed by atoms with Gasteiger partial charge in [0, 0.05) is 11.6 Å². The van der Waals surface area contributed by atoms with Crippen LogP contribution in [0.25, 0.3) is 16.3 Å². The molecule has 0 aliphatic heterocycles. The summed E-state index contributed by atoms with van der Waals surface area (Å²) < 4.78 is 6.51. The van der Waals surface area contributed by atoms with Crippen LogP contribution in [0.1, 0.15) is 34.7 Å². The minimum atomic E-state index is -0.655. The summed E-state index contributed by atoms with van der Waals surface area (Å²) >= 11 is 0. The molecule has 2 aromatic heterocycles. The predicted octanol–water partition coefficient (Wildman–Crippen LogP) is 3.18. The van der Waals surface area contributed by atoms with Gasteiger partial charge in [-0.15, -0.1) is 0 Å². The third kappa shape index (κ3) is 1.94. The van der Waals surface area contributed by atoms with E-state index in [0.717, 1.165) is 10.8 Å². The summed E-state index contributed by atoms with van der Waals surface area (Å²) in [5.74, 6) is -1.29. The quantitative estimate of drug-likeness (QED) is 0.595. The molecule has 2 heterocycles. The second-order valence-electron chi connectivity index (χ2n) is 4.97. The van der Waals surface area contributed by atoms with Gasteiger partial charge in [-0.1, -0.05) is 24.3 Å². The zero-order valence-electron chi connectivity index (χ0n) is 12.3. The largest absolute Gasteiger partial charge is 0.505 e. The van der Waals surface area contributed by atoms with Crippen LogP contribution in [0.2, 0.25) is 0 Å². The van der Waals surface area contributed by atoms with Gasteiger partial charge < -0.3 is 14.2 Å². The van der Waals surface area contributed by atoms with Gasteiger partial charge >= 0.3 is 5.97 Å². The smallest absolute Gasteiger partial charge is 0.359 e. The number of aromatic nitrogens is 1. The van der Waals surface area contributed by atoms with Crippen molar-refractivity contribution < 1.29 is 19.4 Å². The van der Waals surface area contributed by atoms with Crippen LogP contribution in [0.3, 0.4) is 0 Å². The Bertz CT molecular complexity index is 908. The standard InChI is InChI=1S/C17H15NO4/c1-3-22-17(21)15-16(20)13(10(2)19)14-12-7-5-4-6-11(12)8-9-18(14)15/h4-9,20H,3H2,1-2H3. The molecule has 3 aromatic rings. The highest BCUT2D eigenvalue weighted by molar-refractivity contribution is 6.14. The van der Waals surface area contributed by atoms with E-state index in [9.17, 15) is 14.7 Å². The summed E-state index contributed by atoms with van der Waals surface area (Å²) in [7, 11) is 0. The monoisotopic (exact) mass is 297 g/mol. The summed E-state index contributed by atoms with van der Waals surface area (Å²) in [4.78, 5) is 24.1. The molecule has 0 atom stereocenters. The summed E-state index contributed by atoms with van der Waals surface area (Å²) in [5.41, 5.74) is 0.638. The van der Waals surface area contributed by atoms with E-state index < -0.39 is 5.97 Å². The Morgan fingerprint density at radius 1 is 1.23 bits per heavy atom. The molecule has 0 bridgehead atoms. The summed E-state index contributed by atoms with van der Waals surface area (Å²) in [5, 5.41) is 12.1. The first-order chi connectivity index (χ1) is 10.6. The van der Waals surface area contributed by atoms with Gasteiger partial charge in [-0.25, -0.2) is 4.79 Å². The molecule has 3 rings (SSSR count). The van der Waals surface area contributed by atoms with Crippen molar-refractivity contribution in [2.45, 2.75) is 13.8 Å². The molecule has 5 heteroatoms. The fraction of sp³-hybridized carbons (Fsp3) is 0.176. The third-order valence-electron chi connectivity index (χ3n) is 3.62. The van der Waals surface area contributed by atoms with E-state index in [1.165, 1.54) is 11.3 Å². The van der Waals surface area contributed by atoms with Crippen molar-refractivity contribution in [2.75, 3.05) is 6.61 Å². The summed E-state index contributed by atoms with van der Waals surface area (Å²) in [6.07, 6.45) is 1.66. The van der Waals surface area contributed by atoms with E-state index in [1.807, 2.05) is 30.3 Å². The minimum Gasteiger partial charge on any atom is -0.505 e. The number of rotatable bonds is 3. The Morgan fingerprint density at radius 3 is 2.64 bits per heavy atom. The lowest BCUT2D eigenvalue weighted by Gasteiger charge is -2.05. The lowest BCUT2D eigenvalue weighted by molar-refractivity contribution is 0.0515. The first-order valence-electron chi connectivity index (χ1n) is 6.99. The van der Waals surface area contributed by atoms with Crippen molar-refractivity contribution in [3.05, 3.63) is 47.8 Å². The Hall–Kier alpha value is -2.82. The molecule has 5 nitrogen and oxygen atoms in total. The van der Waals surface area contributed by atoms with Gasteiger partial charge in [-0.3, -0.25) is 4.79 Å². The molecule has 0 aliphatic rings. The lowest BCUT2D eigenvalue weighted by atomic mass is 10.1. The first kappa shape index (κ1) is 14.1. The number of hydrogen-bond acceptors (Lipinski definition) is 4. The van der Waals surface area contributed by atoms with Gasteiger partial charge in [0.25, 0.3) is 0 Å². The molecule has 0 radical (unpaired) electrons. The maximum atomic E-state index is 12.1. The maximum Gasteiger partial charge on any atom is 0.359 e. The lowest BCUT2D eigenvalue weighted by Crippen LogP contribution is -2.08. The van der Waals surface area contributed by atoms with Gasteiger partial charge in [0.15, 0.2) is 17.2 Å². The van der Waals surface area contributed by atoms with Crippen molar-refractivity contribution in [3.8, 4) is 5.75 Å². The molecule has 1 aromatic carbocycles. The van der Waals surface area contributed by atoms with Crippen LogP contribution in [0, 0.1) is 0 Å². The SMILES string of the molecule is CCOC(=O)c1c(O)c(C(C)=O)c2c3ccccc3ccn12. The second kappa shape index (κ2) is 5.18. The fourth-order valence-corrected chi connectivity index (χ4v) is 2.73. The molecule has 1 N–H and O–H groups in total. The molecule has 22 heavy (non-hydrogen) atoms. The van der Waals surface area contributed by atoms with E-state index in [0.29, 0.717) is 5.52 Å². The van der Waals surface area contributed by atoms with Gasteiger partial charge in [-0.2, -0.15) is 0 Å². The minimum absolute atomic E-state index is 0.0206. The number of benzene rings is 1. The van der Waals surface area contributed by atoms with E-state index in [1.54, 1.807) is 13.1 Å². The van der Waals surface area contributed by atoms with Crippen LogP contribution in [-0.2, 0) is 4.74 Å². The number of aromatic hydroxyl groups is 1. The number of fused-ring (bicyclic) bond motifs is 3. The average molecular weight is 297 g/mol. The number of carbonyl (C=O) groups excluding carboxylic acids is 2. The van der Waals surface area contributed by atoms with Gasteiger partial charge in [0.05, 0.1) is 17.7 Å². The van der Waals surface area contributed by atoms with Crippen LogP contribution >= 0.6 is 0 Å². The number of esters is 1. The molecular weight excluding hydrogens is 282 g/mol. The van der Waals surface area contributed by atoms with Crippen molar-refractivity contribution in [1.29, 1.82) is 0 Å². The molecule has 112 valence electrons. The van der Waals surface area contributed by atoms with Crippen molar-refractivity contribution >= 4 is 28.0 Å². The van der Waals surface area contributed by atoms with Gasteiger partial charge in [0.1, 0.15) is 0 Å². The highest BCUT2D eigenvalue weighted by Gasteiger charge is 2.27. The van der Waals surface area contributed by atoms with Gasteiger partial charge in [0.2, 0.25) is 0 Å². The fourth-order valence-electron chi connectivity index (χ4n) is 2.73. The van der Waals surface area contributed by atoms with Crippen LogP contribution in [-0.4, -0.2) is 27.9 Å². The highest BCUT2D eigenvalue weighted by atomic mass is 16.5. The Kier molecular flexibility index (Phi) is 3.33. The molecular formula is C17H15NO4. The summed E-state index contributed by atoms with van der Waals surface area (Å²) in [6, 6.07) is 9.33. The predicted molar refractivity (Wildman–Crippen MR) is 82.5 cm³/mol. The van der Waals surface area contributed by atoms with Gasteiger partial charge in [-0.05, 0) is 25.3 Å². The number of Topliss-reactive ketones (excluding diaryl/α,β-unsaturated/α-hetero) is 1. The van der Waals surface area contributed by atoms with E-state index in [4.69, 9.17) is 4.74 Å². The van der Waals surface area contributed by atoms with Crippen LogP contribution in [0.15, 0.2) is 36.5 Å². The molecule has 0 aliphatic carbocycles. The second-order valence-corrected chi connectivity index (χ2v) is 4.97. The zero-order chi connectivity index (χ0) is 15.9. The number of ketones is 1. The Balaban J connectivity index is 2.49. The average Bonchev–Trinajstić information content (AvgIpc) is 2.80. The number of ether oxygens (including phenoxy) is 1. The molecule has 0 unspecified atom stereocenters. The van der Waals surface area contributed by atoms with Crippen molar-refractivity contribution in [2.24, 2.45) is 0 Å². The Labute approximate surface area is 126 Å². The zero-order valence-corrected chi connectivity index (χ0v) is 12.3. The first-order valence-corrected chi connectivity index (χ1v) is 6.99. The van der Waals surface area contributed by atoms with E-state index in [-0.39, 0.29) is 29.4 Å². The topological polar surface area (TPSA) is 68.0 Å². The Morgan fingerprint density at radius 2 is 1.95 bits per heavy atom. The van der Waals surface area contributed by atoms with Crippen LogP contribution in [0.5, 0.6) is 5.75 Å². The number of hydrogen-bond donors (Lipinski definition) is 1. The van der Waals surface area contributed by atoms with Crippen LogP contribution in [0.4, 0.5) is 0 Å². The van der Waals surface area contributed by atoms with E-state index >= 15 is 0 Å². The third-order valence-corrected chi connectivity index (χ3v) is 3.62. The molecule has 0 amide bonds. The molecule has 0 spiro atoms. The molecule has 0 fully saturated rings. The van der Waals surface area contributed by atoms with Crippen LogP contribution < -0.4 is 0 Å². The number of carbonyl (C=O) groups is 2. The molecule has 0 saturated carbocycles. The van der Waals surface area contributed by atoms with E-state index in [2.05, 4.69) is 0 Å². The van der Waals surface area contributed by atoms with Crippen molar-refractivity contribution in [3.63, 3.8) is 0 Å². The summed E-state index contributed by atoms with van der Waals surface area (Å²) in [6.45, 7) is 3.24. The maximum absolute atomic E-state index is 12.1. The highest BCUT2D eigenvalue weighted by Crippen LogP contribution is 2.35. The van der Waals surface area contributed by atoms with Crippen molar-refractivity contribution in [1.82, 2.24) is 4.40 Å². The number of nitrogens with zero attached hydrogens (tertiary/aromatic N) is 1.